The van der Waals surface area contributed by atoms with Crippen LogP contribution in [0.4, 0.5) is 37.3 Å². The van der Waals surface area contributed by atoms with E-state index in [9.17, 15) is 22.0 Å². The van der Waals surface area contributed by atoms with Crippen LogP contribution in [0.2, 0.25) is 0 Å². The van der Waals surface area contributed by atoms with Crippen LogP contribution in [0.5, 0.6) is 6.01 Å². The summed E-state index contributed by atoms with van der Waals surface area (Å²) in [5.41, 5.74) is 2.37. The fraction of sp³-hybridized carbons (Fsp3) is 0.483. The molecule has 0 radical (unpaired) electrons. The summed E-state index contributed by atoms with van der Waals surface area (Å²) < 4.78 is 95.5. The number of halogens is 6. The number of benzene rings is 2. The summed E-state index contributed by atoms with van der Waals surface area (Å²) in [5, 5.41) is -0.182. The molecule has 14 heteroatoms. The summed E-state index contributed by atoms with van der Waals surface area (Å²) in [6.07, 6.45) is -2.50. The lowest BCUT2D eigenvalue weighted by Crippen LogP contribution is -2.43. The first-order valence-corrected chi connectivity index (χ1v) is 15.0. The van der Waals surface area contributed by atoms with Crippen LogP contribution in [0.25, 0.3) is 32.2 Å². The normalized spacial score (nSPS) is 24.5. The molecule has 2 aromatic heterocycles. The van der Waals surface area contributed by atoms with Gasteiger partial charge < -0.3 is 15.4 Å². The highest BCUT2D eigenvalue weighted by molar-refractivity contribution is 7.22. The Labute approximate surface area is 246 Å². The largest absolute Gasteiger partial charge is 0.461 e. The third-order valence-corrected chi connectivity index (χ3v) is 9.93. The van der Waals surface area contributed by atoms with Gasteiger partial charge in [-0.15, -0.1) is 0 Å². The number of nitrogens with two attached hydrogens (primary N) is 1. The topological polar surface area (TPSA) is 80.4 Å². The van der Waals surface area contributed by atoms with E-state index in [0.29, 0.717) is 19.5 Å². The predicted octanol–water partition coefficient (Wildman–Crippen LogP) is 6.73. The predicted molar refractivity (Wildman–Crippen MR) is 152 cm³/mol. The zero-order chi connectivity index (χ0) is 30.3. The standard InChI is InChI=1S/C29H28F6N6OS/c1-14-4-2-9-41(14)25-17-10-18(29(33,34)35)20(16-5-6-19(31)24-23(16)37-26(36)43-24)21(32)22(17)38-27(39-25)42-13-28-7-3-8-40(28)12-15(30)11-28/h5-6,10,14-15H,2-4,7-9,11-13H2,1H3,(H2,36,37)/t14-,15+,28-/m0/s1. The van der Waals surface area contributed by atoms with Crippen molar-refractivity contribution < 1.29 is 31.1 Å². The number of thiazole rings is 1. The SMILES string of the molecule is C[C@H]1CCCN1c1nc(OC[C@@]23CCCN2C[C@H](F)C3)nc2c(F)c(-c3ccc(F)c4sc(N)nc34)c(C(F)(F)F)cc12. The van der Waals surface area contributed by atoms with Crippen LogP contribution in [-0.4, -0.2) is 63.8 Å². The molecular formula is C29H28F6N6OS. The summed E-state index contributed by atoms with van der Waals surface area (Å²) in [6.45, 7) is 3.55. The minimum atomic E-state index is -4.98. The maximum atomic E-state index is 16.7. The summed E-state index contributed by atoms with van der Waals surface area (Å²) in [4.78, 5) is 16.7. The van der Waals surface area contributed by atoms with E-state index in [-0.39, 0.29) is 56.3 Å². The lowest BCUT2D eigenvalue weighted by Gasteiger charge is -2.31. The van der Waals surface area contributed by atoms with Gasteiger partial charge in [0, 0.05) is 42.1 Å². The first-order chi connectivity index (χ1) is 20.4. The summed E-state index contributed by atoms with van der Waals surface area (Å²) in [7, 11) is 0. The Bertz CT molecular complexity index is 1750. The Kier molecular flexibility index (Phi) is 6.65. The molecule has 2 N–H and O–H groups in total. The van der Waals surface area contributed by atoms with Gasteiger partial charge in [-0.1, -0.05) is 11.3 Å². The van der Waals surface area contributed by atoms with Crippen LogP contribution in [0.3, 0.4) is 0 Å². The molecule has 7 nitrogen and oxygen atoms in total. The van der Waals surface area contributed by atoms with Gasteiger partial charge in [0.2, 0.25) is 0 Å². The zero-order valence-corrected chi connectivity index (χ0v) is 24.0. The third kappa shape index (κ3) is 4.64. The molecule has 0 aliphatic carbocycles. The molecule has 7 rings (SSSR count). The van der Waals surface area contributed by atoms with Gasteiger partial charge in [-0.25, -0.2) is 18.2 Å². The highest BCUT2D eigenvalue weighted by Gasteiger charge is 2.49. The summed E-state index contributed by atoms with van der Waals surface area (Å²) in [6, 6.07) is 2.63. The van der Waals surface area contributed by atoms with E-state index in [1.54, 1.807) is 0 Å². The molecule has 5 heterocycles. The zero-order valence-electron chi connectivity index (χ0n) is 23.1. The molecule has 228 valence electrons. The molecule has 3 atom stereocenters. The highest BCUT2D eigenvalue weighted by atomic mass is 32.1. The van der Waals surface area contributed by atoms with Crippen LogP contribution in [-0.2, 0) is 6.18 Å². The lowest BCUT2D eigenvalue weighted by molar-refractivity contribution is -0.137. The Morgan fingerprint density at radius 2 is 1.93 bits per heavy atom. The highest BCUT2D eigenvalue weighted by Crippen LogP contribution is 2.47. The van der Waals surface area contributed by atoms with Crippen LogP contribution in [0, 0.1) is 11.6 Å². The van der Waals surface area contributed by atoms with E-state index in [1.165, 1.54) is 0 Å². The van der Waals surface area contributed by atoms with E-state index < -0.39 is 40.6 Å². The molecule has 3 saturated heterocycles. The molecule has 4 aromatic rings. The van der Waals surface area contributed by atoms with E-state index in [0.717, 1.165) is 61.8 Å². The second-order valence-corrected chi connectivity index (χ2v) is 12.7. The smallest absolute Gasteiger partial charge is 0.417 e. The van der Waals surface area contributed by atoms with Crippen molar-refractivity contribution in [3.05, 3.63) is 35.4 Å². The molecule has 3 aliphatic rings. The number of aromatic nitrogens is 3. The minimum absolute atomic E-state index is 0.0659. The van der Waals surface area contributed by atoms with Gasteiger partial charge in [-0.05, 0) is 57.4 Å². The number of fused-ring (bicyclic) bond motifs is 3. The number of hydrogen-bond acceptors (Lipinski definition) is 8. The van der Waals surface area contributed by atoms with Gasteiger partial charge in [-0.3, -0.25) is 4.90 Å². The molecule has 2 aromatic carbocycles. The second-order valence-electron chi connectivity index (χ2n) is 11.7. The molecule has 0 saturated carbocycles. The Morgan fingerprint density at radius 3 is 2.67 bits per heavy atom. The minimum Gasteiger partial charge on any atom is -0.461 e. The Morgan fingerprint density at radius 1 is 1.12 bits per heavy atom. The maximum absolute atomic E-state index is 16.7. The number of nitrogens with zero attached hydrogens (tertiary/aromatic N) is 5. The summed E-state index contributed by atoms with van der Waals surface area (Å²) >= 11 is 0.763. The lowest BCUT2D eigenvalue weighted by atomic mass is 9.95. The fourth-order valence-corrected chi connectivity index (χ4v) is 7.81. The van der Waals surface area contributed by atoms with E-state index in [4.69, 9.17) is 10.5 Å². The molecule has 3 fully saturated rings. The number of nitrogen functional groups attached to an aromatic ring is 1. The van der Waals surface area contributed by atoms with Crippen molar-refractivity contribution in [1.82, 2.24) is 19.9 Å². The van der Waals surface area contributed by atoms with Gasteiger partial charge >= 0.3 is 12.2 Å². The van der Waals surface area contributed by atoms with Gasteiger partial charge in [0.05, 0.1) is 21.3 Å². The first kappa shape index (κ1) is 28.4. The van der Waals surface area contributed by atoms with Crippen molar-refractivity contribution in [3.8, 4) is 17.1 Å². The van der Waals surface area contributed by atoms with E-state index in [1.807, 2.05) is 11.8 Å². The van der Waals surface area contributed by atoms with E-state index >= 15 is 4.39 Å². The van der Waals surface area contributed by atoms with Crippen LogP contribution in [0.1, 0.15) is 44.6 Å². The van der Waals surface area contributed by atoms with Crippen molar-refractivity contribution in [2.45, 2.75) is 63.0 Å². The molecular weight excluding hydrogens is 594 g/mol. The van der Waals surface area contributed by atoms with Crippen molar-refractivity contribution >= 4 is 43.4 Å². The van der Waals surface area contributed by atoms with Gasteiger partial charge in [-0.2, -0.15) is 23.1 Å². The average Bonchev–Trinajstić information content (AvgIpc) is 3.71. The number of anilines is 2. The van der Waals surface area contributed by atoms with Crippen molar-refractivity contribution in [2.75, 3.05) is 36.9 Å². The van der Waals surface area contributed by atoms with Gasteiger partial charge in [0.25, 0.3) is 0 Å². The Hall–Kier alpha value is -3.39. The number of ether oxygens (including phenoxy) is 1. The molecule has 0 bridgehead atoms. The monoisotopic (exact) mass is 622 g/mol. The third-order valence-electron chi connectivity index (χ3n) is 9.03. The number of alkyl halides is 4. The Balaban J connectivity index is 1.44. The van der Waals surface area contributed by atoms with Crippen molar-refractivity contribution in [1.29, 1.82) is 0 Å². The first-order valence-electron chi connectivity index (χ1n) is 14.2. The average molecular weight is 623 g/mol. The molecule has 0 spiro atoms. The molecule has 43 heavy (non-hydrogen) atoms. The maximum Gasteiger partial charge on any atom is 0.417 e. The summed E-state index contributed by atoms with van der Waals surface area (Å²) in [5.74, 6) is -1.84. The number of hydrogen-bond donors (Lipinski definition) is 1. The second kappa shape index (κ2) is 10.1. The van der Waals surface area contributed by atoms with Crippen molar-refractivity contribution in [2.24, 2.45) is 0 Å². The van der Waals surface area contributed by atoms with Crippen LogP contribution < -0.4 is 15.4 Å². The fourth-order valence-electron chi connectivity index (χ4n) is 7.05. The van der Waals surface area contributed by atoms with Crippen molar-refractivity contribution in [3.63, 3.8) is 0 Å². The number of rotatable bonds is 5. The van der Waals surface area contributed by atoms with E-state index in [2.05, 4.69) is 19.9 Å². The van der Waals surface area contributed by atoms with Gasteiger partial charge in [0.15, 0.2) is 10.9 Å². The van der Waals surface area contributed by atoms with Crippen LogP contribution in [0.15, 0.2) is 18.2 Å². The van der Waals surface area contributed by atoms with Gasteiger partial charge in [0.1, 0.15) is 29.9 Å². The van der Waals surface area contributed by atoms with Crippen LogP contribution >= 0.6 is 11.3 Å². The molecule has 3 aliphatic heterocycles. The molecule has 0 amide bonds. The molecule has 0 unspecified atom stereocenters. The quantitative estimate of drug-likeness (QED) is 0.247.